The maximum atomic E-state index is 10.9. The second-order valence-electron chi connectivity index (χ2n) is 0.851. The van der Waals surface area contributed by atoms with Gasteiger partial charge in [0.1, 0.15) is 0 Å². The summed E-state index contributed by atoms with van der Waals surface area (Å²) in [6.07, 6.45) is -2.31. The lowest BCUT2D eigenvalue weighted by molar-refractivity contribution is 0.226. The highest BCUT2D eigenvalue weighted by atomic mass is 32.2. The van der Waals surface area contributed by atoms with E-state index in [-0.39, 0.29) is 0 Å². The van der Waals surface area contributed by atoms with Crippen LogP contribution >= 0.6 is 0 Å². The van der Waals surface area contributed by atoms with Crippen molar-refractivity contribution in [2.24, 2.45) is 0 Å². The molecule has 5 nitrogen and oxygen atoms in total. The summed E-state index contributed by atoms with van der Waals surface area (Å²) in [5.41, 5.74) is 0. The molecule has 0 fully saturated rings. The van der Waals surface area contributed by atoms with E-state index in [1.54, 1.807) is 0 Å². The third-order valence-electron chi connectivity index (χ3n) is 0.209. The quantitative estimate of drug-likeness (QED) is 0.293. The molecule has 0 aromatic heterocycles. The first-order valence-electron chi connectivity index (χ1n) is 1.36. The van der Waals surface area contributed by atoms with Crippen LogP contribution in [0, 0.1) is 0 Å². The largest absolute Gasteiger partial charge is 0.412 e. The van der Waals surface area contributed by atoms with Gasteiger partial charge in [0.2, 0.25) is 0 Å². The van der Waals surface area contributed by atoms with Crippen molar-refractivity contribution in [2.45, 2.75) is 0 Å². The van der Waals surface area contributed by atoms with Gasteiger partial charge >= 0.3 is 16.5 Å². The smallest absolute Gasteiger partial charge is 0.269 e. The molecule has 0 aliphatic carbocycles. The van der Waals surface area contributed by atoms with E-state index < -0.39 is 16.5 Å². The molecule has 1 amide bonds. The predicted octanol–water partition coefficient (Wildman–Crippen LogP) is -0.532. The molecule has 0 heterocycles. The Morgan fingerprint density at radius 3 is 2.00 bits per heavy atom. The number of nitrogens with one attached hydrogen (secondary N) is 1. The van der Waals surface area contributed by atoms with Crippen LogP contribution in [0.15, 0.2) is 0 Å². The van der Waals surface area contributed by atoms with E-state index in [1.807, 2.05) is 0 Å². The third kappa shape index (κ3) is 5.31. The van der Waals surface area contributed by atoms with Crippen molar-refractivity contribution in [1.82, 2.24) is 4.72 Å². The number of amides is 1. The first kappa shape index (κ1) is 7.31. The zero-order chi connectivity index (χ0) is 6.78. The molecule has 0 unspecified atom stereocenters. The molecule has 0 saturated carbocycles. The fraction of sp³-hybridized carbons (Fsp3) is 0. The van der Waals surface area contributed by atoms with Crippen molar-refractivity contribution in [2.75, 3.05) is 0 Å². The predicted molar refractivity (Wildman–Crippen MR) is 21.2 cm³/mol. The number of hydrogen-bond acceptors (Lipinski definition) is 3. The standard InChI is InChI=1S/CH2FNO4S/c2-1(4)3-8(5,6)7/h(H,3,4)(H,5,6,7). The van der Waals surface area contributed by atoms with Crippen LogP contribution in [-0.2, 0) is 10.3 Å². The molecule has 0 spiro atoms. The zero-order valence-corrected chi connectivity index (χ0v) is 4.27. The van der Waals surface area contributed by atoms with Crippen molar-refractivity contribution in [3.63, 3.8) is 0 Å². The van der Waals surface area contributed by atoms with Crippen LogP contribution in [0.2, 0.25) is 0 Å². The molecule has 0 radical (unpaired) electrons. The summed E-state index contributed by atoms with van der Waals surface area (Å²) in [4.78, 5) is 9.14. The Labute approximate surface area is 44.4 Å². The Balaban J connectivity index is 3.95. The van der Waals surface area contributed by atoms with Gasteiger partial charge < -0.3 is 0 Å². The summed E-state index contributed by atoms with van der Waals surface area (Å²) >= 11 is 0. The molecule has 48 valence electrons. The molecular weight excluding hydrogens is 141 g/mol. The van der Waals surface area contributed by atoms with Crippen LogP contribution in [0.5, 0.6) is 0 Å². The van der Waals surface area contributed by atoms with Gasteiger partial charge in [-0.3, -0.25) is 4.55 Å². The lowest BCUT2D eigenvalue weighted by Crippen LogP contribution is -2.24. The average molecular weight is 143 g/mol. The van der Waals surface area contributed by atoms with Gasteiger partial charge in [-0.15, -0.1) is 4.39 Å². The number of carbonyl (C=O) groups is 1. The summed E-state index contributed by atoms with van der Waals surface area (Å²) in [5.74, 6) is 0. The molecule has 0 saturated heterocycles. The SMILES string of the molecule is O=C(F)NS(=O)(=O)O. The van der Waals surface area contributed by atoms with Gasteiger partial charge in [0.05, 0.1) is 0 Å². The Hall–Kier alpha value is -0.690. The van der Waals surface area contributed by atoms with E-state index in [9.17, 15) is 12.8 Å². The van der Waals surface area contributed by atoms with E-state index in [1.165, 1.54) is 0 Å². The summed E-state index contributed by atoms with van der Waals surface area (Å²) in [6.45, 7) is 0. The third-order valence-corrected chi connectivity index (χ3v) is 0.628. The van der Waals surface area contributed by atoms with Gasteiger partial charge in [0.15, 0.2) is 0 Å². The molecule has 0 aliphatic heterocycles. The lowest BCUT2D eigenvalue weighted by Gasteiger charge is -1.88. The number of halogens is 1. The van der Waals surface area contributed by atoms with Crippen LogP contribution in [0.3, 0.4) is 0 Å². The maximum absolute atomic E-state index is 10.9. The minimum Gasteiger partial charge on any atom is -0.269 e. The van der Waals surface area contributed by atoms with Crippen LogP contribution < -0.4 is 4.72 Å². The molecule has 8 heavy (non-hydrogen) atoms. The van der Waals surface area contributed by atoms with Crippen molar-refractivity contribution in [3.05, 3.63) is 0 Å². The molecule has 0 bridgehead atoms. The van der Waals surface area contributed by atoms with Crippen molar-refractivity contribution >= 4 is 16.5 Å². The van der Waals surface area contributed by atoms with Gasteiger partial charge in [0, 0.05) is 0 Å². The van der Waals surface area contributed by atoms with Gasteiger partial charge in [-0.05, 0) is 0 Å². The van der Waals surface area contributed by atoms with Crippen molar-refractivity contribution < 1.29 is 22.2 Å². The number of rotatable bonds is 1. The first-order chi connectivity index (χ1) is 3.42. The average Bonchev–Trinajstić information content (AvgIpc) is 1.21. The summed E-state index contributed by atoms with van der Waals surface area (Å²) in [5, 5.41) is 0. The van der Waals surface area contributed by atoms with Gasteiger partial charge in [0.25, 0.3) is 0 Å². The van der Waals surface area contributed by atoms with E-state index >= 15 is 0 Å². The number of hydrogen-bond donors (Lipinski definition) is 2. The molecule has 2 N–H and O–H groups in total. The van der Waals surface area contributed by atoms with Crippen LogP contribution in [0.4, 0.5) is 9.18 Å². The van der Waals surface area contributed by atoms with Crippen LogP contribution in [-0.4, -0.2) is 19.1 Å². The molecule has 0 aromatic rings. The van der Waals surface area contributed by atoms with Crippen molar-refractivity contribution in [1.29, 1.82) is 0 Å². The second kappa shape index (κ2) is 2.05. The molecular formula is CH2FNO4S. The van der Waals surface area contributed by atoms with E-state index in [4.69, 9.17) is 9.35 Å². The Morgan fingerprint density at radius 2 is 2.00 bits per heavy atom. The molecule has 0 atom stereocenters. The highest BCUT2D eigenvalue weighted by Crippen LogP contribution is 1.75. The topological polar surface area (TPSA) is 83.5 Å². The first-order valence-corrected chi connectivity index (χ1v) is 2.80. The summed E-state index contributed by atoms with van der Waals surface area (Å²) in [7, 11) is -4.70. The minimum absolute atomic E-state index is 0.604. The van der Waals surface area contributed by atoms with Crippen LogP contribution in [0.25, 0.3) is 0 Å². The fourth-order valence-corrected chi connectivity index (χ4v) is 0.304. The molecule has 7 heteroatoms. The molecule has 0 aromatic carbocycles. The lowest BCUT2D eigenvalue weighted by atomic mass is 11.4. The molecule has 0 aliphatic rings. The Kier molecular flexibility index (Phi) is 1.88. The summed E-state index contributed by atoms with van der Waals surface area (Å²) < 4.78 is 38.0. The number of carbonyl (C=O) groups excluding carboxylic acids is 1. The highest BCUT2D eigenvalue weighted by Gasteiger charge is 2.06. The van der Waals surface area contributed by atoms with E-state index in [0.29, 0.717) is 4.72 Å². The fourth-order valence-electron chi connectivity index (χ4n) is 0.101. The minimum atomic E-state index is -4.70. The van der Waals surface area contributed by atoms with Gasteiger partial charge in [-0.1, -0.05) is 0 Å². The second-order valence-corrected chi connectivity index (χ2v) is 2.01. The molecule has 0 rings (SSSR count). The Morgan fingerprint density at radius 1 is 1.62 bits per heavy atom. The van der Waals surface area contributed by atoms with Crippen LogP contribution in [0.1, 0.15) is 0 Å². The van der Waals surface area contributed by atoms with Crippen molar-refractivity contribution in [3.8, 4) is 0 Å². The van der Waals surface area contributed by atoms with E-state index in [0.717, 1.165) is 0 Å². The highest BCUT2D eigenvalue weighted by molar-refractivity contribution is 7.84. The Bertz CT molecular complexity index is 182. The summed E-state index contributed by atoms with van der Waals surface area (Å²) in [6, 6.07) is 0. The maximum Gasteiger partial charge on any atom is 0.412 e. The van der Waals surface area contributed by atoms with Gasteiger partial charge in [-0.2, -0.15) is 8.42 Å². The zero-order valence-electron chi connectivity index (χ0n) is 3.46. The monoisotopic (exact) mass is 143 g/mol. The van der Waals surface area contributed by atoms with Gasteiger partial charge in [-0.25, -0.2) is 9.52 Å². The van der Waals surface area contributed by atoms with E-state index in [2.05, 4.69) is 0 Å². The normalized spacial score (nSPS) is 10.8.